The van der Waals surface area contributed by atoms with Crippen LogP contribution in [0.3, 0.4) is 0 Å². The van der Waals surface area contributed by atoms with Crippen molar-refractivity contribution in [1.29, 1.82) is 5.26 Å². The second-order valence-electron chi connectivity index (χ2n) is 3.60. The van der Waals surface area contributed by atoms with Gasteiger partial charge < -0.3 is 4.90 Å². The lowest BCUT2D eigenvalue weighted by Gasteiger charge is -2.20. The van der Waals surface area contributed by atoms with E-state index in [0.29, 0.717) is 0 Å². The SMILES string of the molecule is CCSCCCN(C)c1ccccc1C#N. The van der Waals surface area contributed by atoms with Crippen molar-refractivity contribution in [3.63, 3.8) is 0 Å². The Balaban J connectivity index is 2.52. The Kier molecular flexibility index (Phi) is 5.81. The molecule has 86 valence electrons. The van der Waals surface area contributed by atoms with Crippen molar-refractivity contribution in [3.05, 3.63) is 29.8 Å². The summed E-state index contributed by atoms with van der Waals surface area (Å²) in [7, 11) is 2.05. The molecule has 16 heavy (non-hydrogen) atoms. The zero-order valence-corrected chi connectivity index (χ0v) is 10.8. The summed E-state index contributed by atoms with van der Waals surface area (Å²) in [6.07, 6.45) is 1.16. The molecule has 3 heteroatoms. The molecule has 0 amide bonds. The Labute approximate surface area is 102 Å². The number of para-hydroxylation sites is 1. The van der Waals surface area contributed by atoms with Gasteiger partial charge in [0.15, 0.2) is 0 Å². The minimum Gasteiger partial charge on any atom is -0.374 e. The van der Waals surface area contributed by atoms with Gasteiger partial charge in [0.05, 0.1) is 11.3 Å². The predicted octanol–water partition coefficient (Wildman–Crippen LogP) is 3.14. The van der Waals surface area contributed by atoms with E-state index >= 15 is 0 Å². The van der Waals surface area contributed by atoms with Gasteiger partial charge in [-0.25, -0.2) is 0 Å². The maximum Gasteiger partial charge on any atom is 0.101 e. The van der Waals surface area contributed by atoms with E-state index in [1.54, 1.807) is 0 Å². The van der Waals surface area contributed by atoms with Gasteiger partial charge in [-0.3, -0.25) is 0 Å². The third kappa shape index (κ3) is 3.79. The normalized spacial score (nSPS) is 9.81. The number of rotatable bonds is 6. The van der Waals surface area contributed by atoms with E-state index in [-0.39, 0.29) is 0 Å². The number of nitrogens with zero attached hydrogens (tertiary/aromatic N) is 2. The number of anilines is 1. The maximum atomic E-state index is 9.00. The second kappa shape index (κ2) is 7.19. The highest BCUT2D eigenvalue weighted by molar-refractivity contribution is 7.99. The fourth-order valence-corrected chi connectivity index (χ4v) is 2.19. The van der Waals surface area contributed by atoms with E-state index in [2.05, 4.69) is 17.9 Å². The molecule has 2 nitrogen and oxygen atoms in total. The Morgan fingerprint density at radius 1 is 1.38 bits per heavy atom. The molecule has 0 heterocycles. The highest BCUT2D eigenvalue weighted by Gasteiger charge is 2.05. The van der Waals surface area contributed by atoms with E-state index < -0.39 is 0 Å². The van der Waals surface area contributed by atoms with E-state index in [1.165, 1.54) is 11.5 Å². The molecule has 1 aromatic rings. The summed E-state index contributed by atoms with van der Waals surface area (Å²) in [5, 5.41) is 9.00. The van der Waals surface area contributed by atoms with Gasteiger partial charge in [-0.1, -0.05) is 19.1 Å². The van der Waals surface area contributed by atoms with Crippen molar-refractivity contribution in [3.8, 4) is 6.07 Å². The lowest BCUT2D eigenvalue weighted by molar-refractivity contribution is 0.858. The van der Waals surface area contributed by atoms with Crippen LogP contribution in [-0.2, 0) is 0 Å². The zero-order valence-electron chi connectivity index (χ0n) is 9.94. The summed E-state index contributed by atoms with van der Waals surface area (Å²) in [4.78, 5) is 2.16. The van der Waals surface area contributed by atoms with Crippen molar-refractivity contribution in [2.75, 3.05) is 30.0 Å². The Hall–Kier alpha value is -1.14. The zero-order chi connectivity index (χ0) is 11.8. The van der Waals surface area contributed by atoms with Gasteiger partial charge in [0, 0.05) is 13.6 Å². The average molecular weight is 234 g/mol. The number of thioether (sulfide) groups is 1. The van der Waals surface area contributed by atoms with Crippen LogP contribution >= 0.6 is 11.8 Å². The summed E-state index contributed by atoms with van der Waals surface area (Å²) < 4.78 is 0. The molecule has 0 saturated heterocycles. The van der Waals surface area contributed by atoms with Crippen LogP contribution in [0.25, 0.3) is 0 Å². The first-order valence-electron chi connectivity index (χ1n) is 5.57. The predicted molar refractivity (Wildman–Crippen MR) is 72.0 cm³/mol. The van der Waals surface area contributed by atoms with E-state index in [1.807, 2.05) is 43.1 Å². The molecule has 0 N–H and O–H groups in total. The van der Waals surface area contributed by atoms with Gasteiger partial charge in [0.1, 0.15) is 6.07 Å². The molecular weight excluding hydrogens is 216 g/mol. The molecule has 0 atom stereocenters. The van der Waals surface area contributed by atoms with Crippen LogP contribution in [-0.4, -0.2) is 25.1 Å². The first-order chi connectivity index (χ1) is 7.79. The third-order valence-electron chi connectivity index (χ3n) is 2.42. The summed E-state index contributed by atoms with van der Waals surface area (Å²) in [5.41, 5.74) is 1.79. The van der Waals surface area contributed by atoms with E-state index in [9.17, 15) is 0 Å². The maximum absolute atomic E-state index is 9.00. The average Bonchev–Trinajstić information content (AvgIpc) is 2.34. The minimum atomic E-state index is 0.758. The van der Waals surface area contributed by atoms with Crippen molar-refractivity contribution >= 4 is 17.4 Å². The molecule has 1 aromatic carbocycles. The number of nitriles is 1. The van der Waals surface area contributed by atoms with Gasteiger partial charge in [0.2, 0.25) is 0 Å². The summed E-state index contributed by atoms with van der Waals surface area (Å²) in [5.74, 6) is 2.37. The molecular formula is C13H18N2S. The molecule has 0 aliphatic rings. The van der Waals surface area contributed by atoms with Gasteiger partial charge in [-0.2, -0.15) is 17.0 Å². The minimum absolute atomic E-state index is 0.758. The summed E-state index contributed by atoms with van der Waals surface area (Å²) >= 11 is 1.96. The van der Waals surface area contributed by atoms with E-state index in [4.69, 9.17) is 5.26 Å². The topological polar surface area (TPSA) is 27.0 Å². The van der Waals surface area contributed by atoms with E-state index in [0.717, 1.165) is 24.2 Å². The van der Waals surface area contributed by atoms with Crippen LogP contribution in [0.5, 0.6) is 0 Å². The number of hydrogen-bond donors (Lipinski definition) is 0. The smallest absolute Gasteiger partial charge is 0.101 e. The standard InChI is InChI=1S/C13H18N2S/c1-3-16-10-6-9-15(2)13-8-5-4-7-12(13)11-14/h4-5,7-8H,3,6,9-10H2,1-2H3. The van der Waals surface area contributed by atoms with Crippen molar-refractivity contribution in [2.24, 2.45) is 0 Å². The van der Waals surface area contributed by atoms with Gasteiger partial charge in [-0.05, 0) is 30.1 Å². The van der Waals surface area contributed by atoms with Gasteiger partial charge in [-0.15, -0.1) is 0 Å². The molecule has 0 bridgehead atoms. The first kappa shape index (κ1) is 12.9. The molecule has 0 radical (unpaired) electrons. The molecule has 0 aliphatic heterocycles. The molecule has 0 spiro atoms. The van der Waals surface area contributed by atoms with Crippen LogP contribution in [0.2, 0.25) is 0 Å². The molecule has 1 rings (SSSR count). The van der Waals surface area contributed by atoms with Crippen LogP contribution in [0, 0.1) is 11.3 Å². The van der Waals surface area contributed by atoms with Crippen molar-refractivity contribution in [2.45, 2.75) is 13.3 Å². The van der Waals surface area contributed by atoms with Gasteiger partial charge >= 0.3 is 0 Å². The van der Waals surface area contributed by atoms with Crippen LogP contribution < -0.4 is 4.90 Å². The quantitative estimate of drug-likeness (QED) is 0.708. The summed E-state index contributed by atoms with van der Waals surface area (Å²) in [6.45, 7) is 3.19. The van der Waals surface area contributed by atoms with Crippen LogP contribution in [0.1, 0.15) is 18.9 Å². The number of hydrogen-bond acceptors (Lipinski definition) is 3. The summed E-state index contributed by atoms with van der Waals surface area (Å²) in [6, 6.07) is 9.99. The van der Waals surface area contributed by atoms with Crippen LogP contribution in [0.4, 0.5) is 5.69 Å². The third-order valence-corrected chi connectivity index (χ3v) is 3.41. The molecule has 0 aromatic heterocycles. The number of benzene rings is 1. The highest BCUT2D eigenvalue weighted by atomic mass is 32.2. The fraction of sp³-hybridized carbons (Fsp3) is 0.462. The van der Waals surface area contributed by atoms with Crippen molar-refractivity contribution in [1.82, 2.24) is 0 Å². The Morgan fingerprint density at radius 2 is 2.12 bits per heavy atom. The molecule has 0 aliphatic carbocycles. The fourth-order valence-electron chi connectivity index (χ4n) is 1.57. The monoisotopic (exact) mass is 234 g/mol. The lowest BCUT2D eigenvalue weighted by Crippen LogP contribution is -2.20. The first-order valence-corrected chi connectivity index (χ1v) is 6.73. The Morgan fingerprint density at radius 3 is 2.81 bits per heavy atom. The van der Waals surface area contributed by atoms with Crippen LogP contribution in [0.15, 0.2) is 24.3 Å². The molecule has 0 unspecified atom stereocenters. The van der Waals surface area contributed by atoms with Crippen molar-refractivity contribution < 1.29 is 0 Å². The molecule has 0 saturated carbocycles. The Bertz CT molecular complexity index is 357. The lowest BCUT2D eigenvalue weighted by atomic mass is 10.2. The molecule has 0 fully saturated rings. The second-order valence-corrected chi connectivity index (χ2v) is 4.99. The highest BCUT2D eigenvalue weighted by Crippen LogP contribution is 2.18. The largest absolute Gasteiger partial charge is 0.374 e. The van der Waals surface area contributed by atoms with Gasteiger partial charge in [0.25, 0.3) is 0 Å².